The van der Waals surface area contributed by atoms with Crippen LogP contribution >= 0.6 is 31.1 Å². The average molecular weight is 437 g/mol. The zero-order chi connectivity index (χ0) is 20.2. The highest BCUT2D eigenvalue weighted by atomic mass is 32.2. The summed E-state index contributed by atoms with van der Waals surface area (Å²) in [5.41, 5.74) is 0. The van der Waals surface area contributed by atoms with E-state index in [0.717, 1.165) is 4.90 Å². The topological polar surface area (TPSA) is 85.2 Å². The Hall–Kier alpha value is -0.0500. The van der Waals surface area contributed by atoms with Gasteiger partial charge in [-0.25, -0.2) is 0 Å². The van der Waals surface area contributed by atoms with Crippen molar-refractivity contribution in [2.24, 2.45) is 0 Å². The first-order valence-electron chi connectivity index (χ1n) is 8.90. The normalized spacial score (nSPS) is 29.4. The van der Waals surface area contributed by atoms with Gasteiger partial charge in [0.25, 0.3) is 0 Å². The van der Waals surface area contributed by atoms with Crippen molar-refractivity contribution in [3.05, 3.63) is 30.3 Å². The molecule has 0 bridgehead atoms. The minimum absolute atomic E-state index is 0.322. The predicted molar refractivity (Wildman–Crippen MR) is 110 cm³/mol. The molecule has 1 fully saturated rings. The largest absolute Gasteiger partial charge is 0.388 e. The first-order chi connectivity index (χ1) is 12.7. The van der Waals surface area contributed by atoms with Gasteiger partial charge in [0.2, 0.25) is 0 Å². The van der Waals surface area contributed by atoms with Crippen LogP contribution in [-0.2, 0) is 18.3 Å². The summed E-state index contributed by atoms with van der Waals surface area (Å²) in [6.45, 7) is 7.14. The molecule has 0 spiro atoms. The van der Waals surface area contributed by atoms with Crippen molar-refractivity contribution < 1.29 is 28.6 Å². The Morgan fingerprint density at radius 2 is 1.59 bits per heavy atom. The van der Waals surface area contributed by atoms with Gasteiger partial charge in [0.05, 0.1) is 16.8 Å². The van der Waals surface area contributed by atoms with E-state index in [-0.39, 0.29) is 12.2 Å². The molecule has 0 radical (unpaired) electrons. The van der Waals surface area contributed by atoms with Crippen LogP contribution in [0.5, 0.6) is 0 Å². The summed E-state index contributed by atoms with van der Waals surface area (Å²) >= 11 is 2.69. The van der Waals surface area contributed by atoms with E-state index < -0.39 is 35.5 Å². The lowest BCUT2D eigenvalue weighted by molar-refractivity contribution is -0.0710. The maximum atomic E-state index is 13.7. The Kier molecular flexibility index (Phi) is 8.71. The number of aliphatic hydroxyl groups is 2. The maximum absolute atomic E-state index is 13.7. The van der Waals surface area contributed by atoms with Gasteiger partial charge in [0.1, 0.15) is 23.3 Å². The number of hydrogen-bond acceptors (Lipinski definition) is 8. The molecule has 1 aliphatic rings. The van der Waals surface area contributed by atoms with Gasteiger partial charge in [-0.2, -0.15) is 0 Å². The standard InChI is InChI=1S/C18H29O6PS2/c1-11(2)23-25(21,24-12(3)4)17-16(22-5)14(19)15(20)18(27-17)26-13-9-7-6-8-10-13/h6-12,14-20H,1-5H3/t14-,15+,16+,17-,18+/m0/s1. The second-order valence-electron chi connectivity index (χ2n) is 6.86. The van der Waals surface area contributed by atoms with Gasteiger partial charge in [-0.1, -0.05) is 18.2 Å². The number of benzene rings is 1. The van der Waals surface area contributed by atoms with Crippen molar-refractivity contribution in [3.63, 3.8) is 0 Å². The number of methoxy groups -OCH3 is 1. The van der Waals surface area contributed by atoms with E-state index in [1.807, 2.05) is 30.3 Å². The molecular formula is C18H29O6PS2. The Balaban J connectivity index is 2.33. The van der Waals surface area contributed by atoms with Crippen LogP contribution in [0.3, 0.4) is 0 Å². The van der Waals surface area contributed by atoms with Crippen molar-refractivity contribution in [2.75, 3.05) is 7.11 Å². The lowest BCUT2D eigenvalue weighted by Crippen LogP contribution is -2.53. The van der Waals surface area contributed by atoms with Crippen LogP contribution in [0.1, 0.15) is 27.7 Å². The highest BCUT2D eigenvalue weighted by Gasteiger charge is 2.54. The summed E-state index contributed by atoms with van der Waals surface area (Å²) < 4.78 is 30.1. The van der Waals surface area contributed by atoms with E-state index in [9.17, 15) is 14.8 Å². The molecule has 1 saturated heterocycles. The van der Waals surface area contributed by atoms with E-state index in [4.69, 9.17) is 13.8 Å². The average Bonchev–Trinajstić information content (AvgIpc) is 2.58. The third-order valence-electron chi connectivity index (χ3n) is 3.81. The molecule has 1 aromatic carbocycles. The van der Waals surface area contributed by atoms with Crippen LogP contribution in [0, 0.1) is 0 Å². The van der Waals surface area contributed by atoms with Gasteiger partial charge < -0.3 is 24.0 Å². The van der Waals surface area contributed by atoms with Gasteiger partial charge in [-0.05, 0) is 39.8 Å². The molecule has 1 aliphatic heterocycles. The molecule has 27 heavy (non-hydrogen) atoms. The fourth-order valence-corrected chi connectivity index (χ4v) is 9.27. The van der Waals surface area contributed by atoms with Crippen molar-refractivity contribution >= 4 is 31.1 Å². The number of thioether (sulfide) groups is 2. The quantitative estimate of drug-likeness (QED) is 0.593. The van der Waals surface area contributed by atoms with Crippen LogP contribution in [0.4, 0.5) is 0 Å². The second-order valence-corrected chi connectivity index (χ2v) is 12.1. The van der Waals surface area contributed by atoms with E-state index in [1.165, 1.54) is 30.6 Å². The van der Waals surface area contributed by atoms with Crippen LogP contribution in [-0.4, -0.2) is 57.4 Å². The van der Waals surface area contributed by atoms with Crippen molar-refractivity contribution in [2.45, 2.75) is 72.7 Å². The molecule has 2 N–H and O–H groups in total. The van der Waals surface area contributed by atoms with Crippen LogP contribution < -0.4 is 0 Å². The van der Waals surface area contributed by atoms with Crippen LogP contribution in [0.2, 0.25) is 0 Å². The van der Waals surface area contributed by atoms with Crippen LogP contribution in [0.15, 0.2) is 35.2 Å². The molecule has 1 aromatic rings. The molecule has 0 aromatic heterocycles. The Labute approximate surface area is 169 Å². The zero-order valence-electron chi connectivity index (χ0n) is 16.2. The van der Waals surface area contributed by atoms with Gasteiger partial charge in [0, 0.05) is 12.0 Å². The summed E-state index contributed by atoms with van der Waals surface area (Å²) in [7, 11) is -2.21. The minimum atomic E-state index is -3.63. The Morgan fingerprint density at radius 3 is 2.07 bits per heavy atom. The fraction of sp³-hybridized carbons (Fsp3) is 0.667. The molecule has 0 unspecified atom stereocenters. The monoisotopic (exact) mass is 436 g/mol. The van der Waals surface area contributed by atoms with Crippen molar-refractivity contribution in [1.82, 2.24) is 0 Å². The summed E-state index contributed by atoms with van der Waals surface area (Å²) in [4.78, 5) is 0.187. The molecule has 0 aliphatic carbocycles. The Bertz CT molecular complexity index is 616. The molecular weight excluding hydrogens is 407 g/mol. The van der Waals surface area contributed by atoms with Gasteiger partial charge in [0.15, 0.2) is 0 Å². The summed E-state index contributed by atoms with van der Waals surface area (Å²) in [6.07, 6.45) is -3.77. The smallest absolute Gasteiger partial charge is 0.346 e. The third-order valence-corrected chi connectivity index (χ3v) is 10.1. The molecule has 154 valence electrons. The third kappa shape index (κ3) is 5.97. The molecule has 0 saturated carbocycles. The summed E-state index contributed by atoms with van der Waals surface area (Å²) in [5.74, 6) is 0. The summed E-state index contributed by atoms with van der Waals surface area (Å²) in [5, 5.41) is 21.3. The van der Waals surface area contributed by atoms with E-state index in [0.29, 0.717) is 0 Å². The van der Waals surface area contributed by atoms with E-state index >= 15 is 0 Å². The van der Waals surface area contributed by atoms with Crippen molar-refractivity contribution in [3.8, 4) is 0 Å². The number of ether oxygens (including phenoxy) is 1. The van der Waals surface area contributed by atoms with Gasteiger partial charge in [-0.3, -0.25) is 4.57 Å². The number of hydrogen-bond donors (Lipinski definition) is 2. The first-order valence-corrected chi connectivity index (χ1v) is 12.3. The number of aliphatic hydroxyl groups excluding tert-OH is 2. The highest BCUT2D eigenvalue weighted by Crippen LogP contribution is 2.64. The molecule has 6 nitrogen and oxygen atoms in total. The van der Waals surface area contributed by atoms with Crippen molar-refractivity contribution in [1.29, 1.82) is 0 Å². The zero-order valence-corrected chi connectivity index (χ0v) is 18.7. The van der Waals surface area contributed by atoms with Crippen LogP contribution in [0.25, 0.3) is 0 Å². The van der Waals surface area contributed by atoms with Gasteiger partial charge >= 0.3 is 7.60 Å². The van der Waals surface area contributed by atoms with E-state index in [2.05, 4.69) is 0 Å². The number of rotatable bonds is 8. The predicted octanol–water partition coefficient (Wildman–Crippen LogP) is 3.96. The lowest BCUT2D eigenvalue weighted by atomic mass is 10.1. The highest BCUT2D eigenvalue weighted by molar-refractivity contribution is 8.19. The lowest BCUT2D eigenvalue weighted by Gasteiger charge is -2.43. The minimum Gasteiger partial charge on any atom is -0.388 e. The molecule has 9 heteroatoms. The first kappa shape index (κ1) is 23.2. The molecule has 0 amide bonds. The molecule has 1 heterocycles. The van der Waals surface area contributed by atoms with Gasteiger partial charge in [-0.15, -0.1) is 23.5 Å². The Morgan fingerprint density at radius 1 is 1.04 bits per heavy atom. The molecule has 2 rings (SSSR count). The second kappa shape index (κ2) is 10.1. The maximum Gasteiger partial charge on any atom is 0.346 e. The van der Waals surface area contributed by atoms with E-state index in [1.54, 1.807) is 27.7 Å². The SMILES string of the molecule is CO[C@@H]1[C@@H](O)[C@@H](O)[C@H](Sc2ccccc2)S[C@@H]1P(=O)(OC(C)C)OC(C)C. The summed E-state index contributed by atoms with van der Waals surface area (Å²) in [6, 6.07) is 9.58. The fourth-order valence-electron chi connectivity index (χ4n) is 2.79. The molecule has 5 atom stereocenters.